The van der Waals surface area contributed by atoms with Crippen molar-refractivity contribution in [3.8, 4) is 0 Å². The summed E-state index contributed by atoms with van der Waals surface area (Å²) in [5.41, 5.74) is 1.49. The number of likely N-dealkylation sites (N-methyl/N-ethyl adjacent to an activating group) is 1. The Hall–Kier alpha value is -1.19. The average Bonchev–Trinajstić information content (AvgIpc) is 2.18. The number of hydrogen-bond donors (Lipinski definition) is 2. The summed E-state index contributed by atoms with van der Waals surface area (Å²) >= 11 is 0. The van der Waals surface area contributed by atoms with Gasteiger partial charge in [-0.2, -0.15) is 0 Å². The van der Waals surface area contributed by atoms with Crippen LogP contribution in [0.5, 0.6) is 0 Å². The number of nitrogens with one attached hydrogen (secondary N) is 1. The van der Waals surface area contributed by atoms with Crippen molar-refractivity contribution in [1.82, 2.24) is 5.32 Å². The van der Waals surface area contributed by atoms with E-state index in [1.807, 2.05) is 19.1 Å². The van der Waals surface area contributed by atoms with Gasteiger partial charge in [0.1, 0.15) is 6.10 Å². The largest absolute Gasteiger partial charge is 0.384 e. The molecule has 0 aliphatic heterocycles. The topological polar surface area (TPSA) is 49.3 Å². The van der Waals surface area contributed by atoms with Crippen LogP contribution in [0.3, 0.4) is 0 Å². The Bertz CT molecular complexity index is 323. The molecule has 0 saturated carbocycles. The zero-order chi connectivity index (χ0) is 10.6. The van der Waals surface area contributed by atoms with Gasteiger partial charge in [0.05, 0.1) is 0 Å². The fraction of sp³-hybridized carbons (Fsp3) is 0.364. The molecule has 14 heavy (non-hydrogen) atoms. The van der Waals surface area contributed by atoms with E-state index in [9.17, 15) is 9.90 Å². The first kappa shape index (κ1) is 10.9. The maximum atomic E-state index is 11.7. The van der Waals surface area contributed by atoms with E-state index in [1.54, 1.807) is 19.2 Å². The van der Waals surface area contributed by atoms with Gasteiger partial charge in [-0.15, -0.1) is 0 Å². The van der Waals surface area contributed by atoms with Gasteiger partial charge in [0.15, 0.2) is 5.78 Å². The summed E-state index contributed by atoms with van der Waals surface area (Å²) in [5.74, 6) is -0.225. The molecule has 0 bridgehead atoms. The lowest BCUT2D eigenvalue weighted by atomic mass is 10.0. The molecule has 1 aromatic rings. The van der Waals surface area contributed by atoms with Crippen LogP contribution in [0.1, 0.15) is 15.9 Å². The van der Waals surface area contributed by atoms with E-state index in [0.29, 0.717) is 5.56 Å². The Morgan fingerprint density at radius 3 is 2.71 bits per heavy atom. The quantitative estimate of drug-likeness (QED) is 0.694. The van der Waals surface area contributed by atoms with Gasteiger partial charge in [-0.05, 0) is 19.5 Å². The number of rotatable bonds is 4. The number of aryl methyl sites for hydroxylation is 1. The highest BCUT2D eigenvalue weighted by Gasteiger charge is 2.17. The molecule has 2 N–H and O–H groups in total. The van der Waals surface area contributed by atoms with Crippen molar-refractivity contribution in [2.24, 2.45) is 0 Å². The normalized spacial score (nSPS) is 12.5. The van der Waals surface area contributed by atoms with Crippen LogP contribution < -0.4 is 5.32 Å². The molecule has 3 heteroatoms. The summed E-state index contributed by atoms with van der Waals surface area (Å²) < 4.78 is 0. The molecule has 76 valence electrons. The van der Waals surface area contributed by atoms with Crippen molar-refractivity contribution in [2.75, 3.05) is 13.6 Å². The second-order valence-corrected chi connectivity index (χ2v) is 3.25. The Kier molecular flexibility index (Phi) is 3.80. The second-order valence-electron chi connectivity index (χ2n) is 3.25. The van der Waals surface area contributed by atoms with Gasteiger partial charge in [0.2, 0.25) is 0 Å². The lowest BCUT2D eigenvalue weighted by Gasteiger charge is -2.10. The van der Waals surface area contributed by atoms with Crippen LogP contribution in [0.15, 0.2) is 24.3 Å². The van der Waals surface area contributed by atoms with E-state index in [4.69, 9.17) is 0 Å². The van der Waals surface area contributed by atoms with Gasteiger partial charge in [-0.1, -0.05) is 24.3 Å². The van der Waals surface area contributed by atoms with E-state index in [0.717, 1.165) is 5.56 Å². The first-order valence-corrected chi connectivity index (χ1v) is 4.59. The fourth-order valence-electron chi connectivity index (χ4n) is 1.31. The molecule has 0 saturated heterocycles. The molecular weight excluding hydrogens is 178 g/mol. The monoisotopic (exact) mass is 193 g/mol. The van der Waals surface area contributed by atoms with Crippen LogP contribution >= 0.6 is 0 Å². The third-order valence-corrected chi connectivity index (χ3v) is 2.11. The van der Waals surface area contributed by atoms with Gasteiger partial charge in [0, 0.05) is 12.1 Å². The molecular formula is C11H15NO2. The van der Waals surface area contributed by atoms with Crippen molar-refractivity contribution < 1.29 is 9.90 Å². The highest BCUT2D eigenvalue weighted by atomic mass is 16.3. The highest BCUT2D eigenvalue weighted by molar-refractivity contribution is 6.00. The van der Waals surface area contributed by atoms with Crippen LogP contribution in [-0.2, 0) is 0 Å². The Balaban J connectivity index is 2.84. The number of ketones is 1. The molecule has 0 radical (unpaired) electrons. The molecule has 3 nitrogen and oxygen atoms in total. The highest BCUT2D eigenvalue weighted by Crippen LogP contribution is 2.09. The number of benzene rings is 1. The lowest BCUT2D eigenvalue weighted by molar-refractivity contribution is 0.0749. The van der Waals surface area contributed by atoms with Crippen LogP contribution in [0.25, 0.3) is 0 Å². The smallest absolute Gasteiger partial charge is 0.192 e. The second kappa shape index (κ2) is 4.88. The number of Topliss-reactive ketones (excluding diaryl/α,β-unsaturated/α-hetero) is 1. The van der Waals surface area contributed by atoms with Crippen molar-refractivity contribution in [2.45, 2.75) is 13.0 Å². The van der Waals surface area contributed by atoms with Crippen molar-refractivity contribution in [3.05, 3.63) is 35.4 Å². The molecule has 0 aliphatic rings. The van der Waals surface area contributed by atoms with Crippen molar-refractivity contribution in [1.29, 1.82) is 0 Å². The number of carbonyl (C=O) groups is 1. The minimum absolute atomic E-state index is 0.225. The van der Waals surface area contributed by atoms with E-state index in [-0.39, 0.29) is 12.3 Å². The standard InChI is InChI=1S/C11H15NO2/c1-8-5-3-4-6-9(8)11(14)10(13)7-12-2/h3-6,10,12-13H,7H2,1-2H3. The molecule has 0 aliphatic carbocycles. The van der Waals surface area contributed by atoms with Gasteiger partial charge in [0.25, 0.3) is 0 Å². The molecule has 0 heterocycles. The maximum absolute atomic E-state index is 11.7. The predicted molar refractivity (Wildman–Crippen MR) is 55.4 cm³/mol. The first-order chi connectivity index (χ1) is 6.66. The molecule has 0 amide bonds. The molecule has 0 aromatic heterocycles. The summed E-state index contributed by atoms with van der Waals surface area (Å²) in [6, 6.07) is 7.26. The molecule has 1 atom stereocenters. The molecule has 1 aromatic carbocycles. The molecule has 1 unspecified atom stereocenters. The summed E-state index contributed by atoms with van der Waals surface area (Å²) in [6.45, 7) is 2.15. The fourth-order valence-corrected chi connectivity index (χ4v) is 1.31. The molecule has 0 fully saturated rings. The van der Waals surface area contributed by atoms with Crippen molar-refractivity contribution in [3.63, 3.8) is 0 Å². The number of hydrogen-bond acceptors (Lipinski definition) is 3. The number of aliphatic hydroxyl groups is 1. The SMILES string of the molecule is CNCC(O)C(=O)c1ccccc1C. The van der Waals surface area contributed by atoms with E-state index in [1.165, 1.54) is 0 Å². The third kappa shape index (κ3) is 2.40. The summed E-state index contributed by atoms with van der Waals surface area (Å²) in [4.78, 5) is 11.7. The van der Waals surface area contributed by atoms with Crippen LogP contribution in [0, 0.1) is 6.92 Å². The lowest BCUT2D eigenvalue weighted by Crippen LogP contribution is -2.31. The van der Waals surface area contributed by atoms with Gasteiger partial charge < -0.3 is 10.4 Å². The Labute approximate surface area is 83.8 Å². The van der Waals surface area contributed by atoms with Gasteiger partial charge >= 0.3 is 0 Å². The zero-order valence-corrected chi connectivity index (χ0v) is 8.45. The van der Waals surface area contributed by atoms with E-state index >= 15 is 0 Å². The average molecular weight is 193 g/mol. The van der Waals surface area contributed by atoms with Crippen LogP contribution in [-0.4, -0.2) is 30.6 Å². The van der Waals surface area contributed by atoms with Crippen LogP contribution in [0.4, 0.5) is 0 Å². The molecule has 1 rings (SSSR count). The van der Waals surface area contributed by atoms with Crippen LogP contribution in [0.2, 0.25) is 0 Å². The Morgan fingerprint density at radius 2 is 2.14 bits per heavy atom. The number of aliphatic hydroxyl groups excluding tert-OH is 1. The number of carbonyl (C=O) groups excluding carboxylic acids is 1. The maximum Gasteiger partial charge on any atom is 0.192 e. The zero-order valence-electron chi connectivity index (χ0n) is 8.45. The summed E-state index contributed by atoms with van der Waals surface area (Å²) in [6.07, 6.45) is -0.957. The third-order valence-electron chi connectivity index (χ3n) is 2.11. The van der Waals surface area contributed by atoms with Gasteiger partial charge in [-0.25, -0.2) is 0 Å². The van der Waals surface area contributed by atoms with E-state index < -0.39 is 6.10 Å². The summed E-state index contributed by atoms with van der Waals surface area (Å²) in [7, 11) is 1.70. The first-order valence-electron chi connectivity index (χ1n) is 4.59. The van der Waals surface area contributed by atoms with Crippen molar-refractivity contribution >= 4 is 5.78 Å². The van der Waals surface area contributed by atoms with E-state index in [2.05, 4.69) is 5.32 Å². The predicted octanol–water partition coefficient (Wildman–Crippen LogP) is 0.758. The minimum atomic E-state index is -0.957. The van der Waals surface area contributed by atoms with Gasteiger partial charge in [-0.3, -0.25) is 4.79 Å². The summed E-state index contributed by atoms with van der Waals surface area (Å²) in [5, 5.41) is 12.3. The Morgan fingerprint density at radius 1 is 1.50 bits per heavy atom. The molecule has 0 spiro atoms. The minimum Gasteiger partial charge on any atom is -0.384 e.